The van der Waals surface area contributed by atoms with Crippen molar-refractivity contribution < 1.29 is 4.79 Å². The minimum Gasteiger partial charge on any atom is -0.384 e. The van der Waals surface area contributed by atoms with Crippen LogP contribution in [0.15, 0.2) is 41.3 Å². The molecule has 33 heavy (non-hydrogen) atoms. The molecule has 0 bridgehead atoms. The zero-order chi connectivity index (χ0) is 22.8. The van der Waals surface area contributed by atoms with Gasteiger partial charge in [0.15, 0.2) is 0 Å². The summed E-state index contributed by atoms with van der Waals surface area (Å²) in [4.78, 5) is 34.6. The number of likely N-dealkylation sites (tertiary alicyclic amines) is 1. The van der Waals surface area contributed by atoms with E-state index in [-0.39, 0.29) is 16.9 Å². The average molecular weight is 464 g/mol. The van der Waals surface area contributed by atoms with Crippen molar-refractivity contribution >= 4 is 49.0 Å². The lowest BCUT2D eigenvalue weighted by molar-refractivity contribution is 0.0950. The van der Waals surface area contributed by atoms with Gasteiger partial charge < -0.3 is 15.5 Å². The van der Waals surface area contributed by atoms with E-state index in [2.05, 4.69) is 27.4 Å². The Morgan fingerprint density at radius 3 is 2.82 bits per heavy atom. The summed E-state index contributed by atoms with van der Waals surface area (Å²) < 4.78 is 2.98. The monoisotopic (exact) mass is 463 g/mol. The summed E-state index contributed by atoms with van der Waals surface area (Å²) in [5, 5.41) is 6.81. The molecule has 4 aromatic rings. The van der Waals surface area contributed by atoms with E-state index in [0.717, 1.165) is 54.9 Å². The quantitative estimate of drug-likeness (QED) is 0.385. The Kier molecular flexibility index (Phi) is 6.28. The van der Waals surface area contributed by atoms with E-state index in [1.807, 2.05) is 34.7 Å². The first-order chi connectivity index (χ1) is 16.2. The van der Waals surface area contributed by atoms with Crippen LogP contribution >= 0.6 is 11.3 Å². The smallest absolute Gasteiger partial charge is 0.258 e. The maximum atomic E-state index is 13.6. The Balaban J connectivity index is 1.60. The lowest BCUT2D eigenvalue weighted by atomic mass is 10.1. The van der Waals surface area contributed by atoms with Crippen LogP contribution in [0.2, 0.25) is 0 Å². The molecule has 1 amide bonds. The molecule has 0 saturated carbocycles. The highest BCUT2D eigenvalue weighted by Gasteiger charge is 2.23. The number of carbonyl (C=O) groups is 1. The van der Waals surface area contributed by atoms with E-state index in [1.165, 1.54) is 24.2 Å². The highest BCUT2D eigenvalue weighted by Crippen LogP contribution is 2.31. The van der Waals surface area contributed by atoms with Gasteiger partial charge in [0.1, 0.15) is 16.0 Å². The normalized spacial score (nSPS) is 14.5. The van der Waals surface area contributed by atoms with Crippen LogP contribution in [-0.2, 0) is 0 Å². The summed E-state index contributed by atoms with van der Waals surface area (Å²) in [7, 11) is 0. The Morgan fingerprint density at radius 1 is 1.18 bits per heavy atom. The molecule has 0 radical (unpaired) electrons. The number of anilines is 1. The highest BCUT2D eigenvalue weighted by atomic mass is 32.1. The SMILES string of the molecule is CCCCNc1cnc2c(c1)c(=O)c(C(=O)NCCN1CCCC1)c1sc3ccccc3n12. The zero-order valence-electron chi connectivity index (χ0n) is 18.9. The fourth-order valence-corrected chi connectivity index (χ4v) is 5.71. The largest absolute Gasteiger partial charge is 0.384 e. The molecule has 0 spiro atoms. The van der Waals surface area contributed by atoms with E-state index < -0.39 is 0 Å². The number of aromatic nitrogens is 2. The Morgan fingerprint density at radius 2 is 2.00 bits per heavy atom. The summed E-state index contributed by atoms with van der Waals surface area (Å²) in [6, 6.07) is 9.79. The van der Waals surface area contributed by atoms with Gasteiger partial charge in [0, 0.05) is 19.6 Å². The first-order valence-electron chi connectivity index (χ1n) is 11.8. The third-order valence-electron chi connectivity index (χ3n) is 6.28. The number of rotatable bonds is 8. The Labute approximate surface area is 196 Å². The molecule has 0 unspecified atom stereocenters. The third-order valence-corrected chi connectivity index (χ3v) is 7.42. The van der Waals surface area contributed by atoms with E-state index >= 15 is 0 Å². The molecule has 4 heterocycles. The van der Waals surface area contributed by atoms with Crippen molar-refractivity contribution in [1.82, 2.24) is 19.6 Å². The number of para-hydroxylation sites is 1. The molecule has 1 aliphatic rings. The number of nitrogens with one attached hydrogen (secondary N) is 2. The molecule has 1 aromatic carbocycles. The first-order valence-corrected chi connectivity index (χ1v) is 12.6. The minimum absolute atomic E-state index is 0.206. The zero-order valence-corrected chi connectivity index (χ0v) is 19.7. The number of hydrogen-bond acceptors (Lipinski definition) is 6. The van der Waals surface area contributed by atoms with Crippen LogP contribution in [0.5, 0.6) is 0 Å². The lowest BCUT2D eigenvalue weighted by Gasteiger charge is -2.15. The molecular weight excluding hydrogens is 434 g/mol. The number of fused-ring (bicyclic) bond motifs is 5. The molecule has 3 aromatic heterocycles. The average Bonchev–Trinajstić information content (AvgIpc) is 3.47. The molecule has 1 fully saturated rings. The Hall–Kier alpha value is -2.97. The number of nitrogens with zero attached hydrogens (tertiary/aromatic N) is 3. The van der Waals surface area contributed by atoms with Gasteiger partial charge in [0.25, 0.3) is 5.91 Å². The van der Waals surface area contributed by atoms with E-state index in [4.69, 9.17) is 0 Å². The Bertz CT molecular complexity index is 1370. The van der Waals surface area contributed by atoms with Gasteiger partial charge in [-0.1, -0.05) is 25.5 Å². The summed E-state index contributed by atoms with van der Waals surface area (Å²) in [6.45, 7) is 6.45. The van der Waals surface area contributed by atoms with Crippen molar-refractivity contribution in [2.75, 3.05) is 38.0 Å². The fourth-order valence-electron chi connectivity index (χ4n) is 4.52. The molecule has 0 aliphatic carbocycles. The second kappa shape index (κ2) is 9.49. The number of pyridine rings is 2. The number of carbonyl (C=O) groups excluding carboxylic acids is 1. The van der Waals surface area contributed by atoms with Gasteiger partial charge in [-0.3, -0.25) is 14.0 Å². The van der Waals surface area contributed by atoms with Crippen LogP contribution < -0.4 is 16.1 Å². The maximum absolute atomic E-state index is 13.6. The van der Waals surface area contributed by atoms with Gasteiger partial charge in [-0.15, -0.1) is 11.3 Å². The van der Waals surface area contributed by atoms with Gasteiger partial charge in [0.05, 0.1) is 27.5 Å². The van der Waals surface area contributed by atoms with Crippen LogP contribution in [0.4, 0.5) is 5.69 Å². The predicted octanol–water partition coefficient (Wildman–Crippen LogP) is 4.10. The van der Waals surface area contributed by atoms with Crippen LogP contribution in [0, 0.1) is 0 Å². The molecule has 172 valence electrons. The third kappa shape index (κ3) is 4.20. The summed E-state index contributed by atoms with van der Waals surface area (Å²) in [6.07, 6.45) is 6.32. The fraction of sp³-hybridized carbons (Fsp3) is 0.400. The van der Waals surface area contributed by atoms with Crippen LogP contribution in [0.1, 0.15) is 43.0 Å². The summed E-state index contributed by atoms with van der Waals surface area (Å²) in [5.74, 6) is -0.311. The van der Waals surface area contributed by atoms with Crippen LogP contribution in [0.25, 0.3) is 26.1 Å². The molecule has 2 N–H and O–H groups in total. The molecule has 1 saturated heterocycles. The van der Waals surface area contributed by atoms with Gasteiger partial charge in [-0.2, -0.15) is 0 Å². The molecule has 0 atom stereocenters. The second-order valence-corrected chi connectivity index (χ2v) is 9.63. The van der Waals surface area contributed by atoms with Crippen LogP contribution in [0.3, 0.4) is 0 Å². The maximum Gasteiger partial charge on any atom is 0.258 e. The van der Waals surface area contributed by atoms with Crippen molar-refractivity contribution in [2.24, 2.45) is 0 Å². The number of unbranched alkanes of at least 4 members (excludes halogenated alkanes) is 1. The molecule has 5 rings (SSSR count). The minimum atomic E-state index is -0.311. The van der Waals surface area contributed by atoms with Crippen molar-refractivity contribution in [1.29, 1.82) is 0 Å². The van der Waals surface area contributed by atoms with Crippen molar-refractivity contribution in [3.63, 3.8) is 0 Å². The van der Waals surface area contributed by atoms with Gasteiger partial charge >= 0.3 is 0 Å². The van der Waals surface area contributed by atoms with Gasteiger partial charge in [0.2, 0.25) is 5.43 Å². The standard InChI is InChI=1S/C25H29N5O2S/c1-2-3-10-26-17-15-18-22(31)21(24(32)27-11-14-29-12-6-7-13-29)25-30(23(18)28-16-17)19-8-4-5-9-20(19)33-25/h4-5,8-9,15-16,26H,2-3,6-7,10-14H2,1H3,(H,27,32). The molecule has 1 aliphatic heterocycles. The lowest BCUT2D eigenvalue weighted by Crippen LogP contribution is -2.35. The topological polar surface area (TPSA) is 78.7 Å². The van der Waals surface area contributed by atoms with E-state index in [1.54, 1.807) is 6.20 Å². The van der Waals surface area contributed by atoms with Crippen molar-refractivity contribution in [2.45, 2.75) is 32.6 Å². The first kappa shape index (κ1) is 21.9. The number of thiazole rings is 1. The summed E-state index contributed by atoms with van der Waals surface area (Å²) >= 11 is 1.46. The molecule has 8 heteroatoms. The number of benzene rings is 1. The van der Waals surface area contributed by atoms with Crippen molar-refractivity contribution in [3.05, 3.63) is 52.3 Å². The van der Waals surface area contributed by atoms with Crippen LogP contribution in [-0.4, -0.2) is 52.9 Å². The van der Waals surface area contributed by atoms with Gasteiger partial charge in [-0.25, -0.2) is 4.98 Å². The van der Waals surface area contributed by atoms with Crippen molar-refractivity contribution in [3.8, 4) is 0 Å². The second-order valence-electron chi connectivity index (χ2n) is 8.59. The van der Waals surface area contributed by atoms with E-state index in [0.29, 0.717) is 22.4 Å². The van der Waals surface area contributed by atoms with E-state index in [9.17, 15) is 9.59 Å². The summed E-state index contributed by atoms with van der Waals surface area (Å²) in [5.41, 5.74) is 2.28. The predicted molar refractivity (Wildman–Crippen MR) is 136 cm³/mol. The number of hydrogen-bond donors (Lipinski definition) is 2. The molecular formula is C25H29N5O2S. The number of amides is 1. The highest BCUT2D eigenvalue weighted by molar-refractivity contribution is 7.24. The van der Waals surface area contributed by atoms with Gasteiger partial charge in [-0.05, 0) is 50.6 Å². The molecule has 7 nitrogen and oxygen atoms in total.